The lowest BCUT2D eigenvalue weighted by atomic mass is 10.1. The Labute approximate surface area is 86.1 Å². The molecule has 0 saturated heterocycles. The van der Waals surface area contributed by atoms with Gasteiger partial charge in [0.15, 0.2) is 0 Å². The molecule has 14 heavy (non-hydrogen) atoms. The third kappa shape index (κ3) is 1.46. The third-order valence-corrected chi connectivity index (χ3v) is 2.90. The number of aromatic hydroxyl groups is 2. The molecule has 1 aromatic carbocycles. The number of phenols is 2. The quantitative estimate of drug-likeness (QED) is 0.752. The number of aryl methyl sites for hydroxylation is 1. The fourth-order valence-electron chi connectivity index (χ4n) is 1.42. The number of thiophene rings is 1. The Morgan fingerprint density at radius 3 is 2.29 bits per heavy atom. The average molecular weight is 206 g/mol. The first-order chi connectivity index (χ1) is 6.68. The minimum atomic E-state index is 0.130. The molecule has 1 heterocycles. The second kappa shape index (κ2) is 3.35. The maximum Gasteiger partial charge on any atom is 0.128 e. The van der Waals surface area contributed by atoms with Crippen molar-refractivity contribution in [3.63, 3.8) is 0 Å². The van der Waals surface area contributed by atoms with Gasteiger partial charge in [-0.3, -0.25) is 0 Å². The fourth-order valence-corrected chi connectivity index (χ4v) is 2.21. The predicted octanol–water partition coefficient (Wildman–Crippen LogP) is 3.13. The zero-order chi connectivity index (χ0) is 10.1. The van der Waals surface area contributed by atoms with Crippen LogP contribution >= 0.6 is 11.3 Å². The lowest BCUT2D eigenvalue weighted by Crippen LogP contribution is -1.79. The van der Waals surface area contributed by atoms with E-state index < -0.39 is 0 Å². The molecule has 3 heteroatoms. The molecule has 2 aromatic rings. The average Bonchev–Trinajstić information content (AvgIpc) is 2.54. The van der Waals surface area contributed by atoms with Crippen molar-refractivity contribution in [2.75, 3.05) is 0 Å². The summed E-state index contributed by atoms with van der Waals surface area (Å²) in [4.78, 5) is 0.875. The number of benzene rings is 1. The van der Waals surface area contributed by atoms with E-state index in [1.165, 1.54) is 11.3 Å². The van der Waals surface area contributed by atoms with E-state index in [0.717, 1.165) is 10.4 Å². The summed E-state index contributed by atoms with van der Waals surface area (Å²) in [5.41, 5.74) is 1.37. The van der Waals surface area contributed by atoms with E-state index in [0.29, 0.717) is 5.56 Å². The molecule has 0 fully saturated rings. The van der Waals surface area contributed by atoms with Crippen LogP contribution in [0.5, 0.6) is 11.5 Å². The fraction of sp³-hybridized carbons (Fsp3) is 0.0909. The van der Waals surface area contributed by atoms with Gasteiger partial charge in [-0.15, -0.1) is 11.3 Å². The van der Waals surface area contributed by atoms with Gasteiger partial charge in [-0.1, -0.05) is 6.07 Å². The number of hydrogen-bond acceptors (Lipinski definition) is 3. The van der Waals surface area contributed by atoms with E-state index in [9.17, 15) is 10.2 Å². The highest BCUT2D eigenvalue weighted by Crippen LogP contribution is 2.40. The van der Waals surface area contributed by atoms with Gasteiger partial charge in [-0.05, 0) is 36.1 Å². The zero-order valence-corrected chi connectivity index (χ0v) is 8.51. The molecule has 0 aliphatic rings. The molecule has 0 saturated carbocycles. The second-order valence-electron chi connectivity index (χ2n) is 3.16. The molecule has 72 valence electrons. The number of phenolic OH excluding ortho intramolecular Hbond substituents is 2. The van der Waals surface area contributed by atoms with E-state index in [-0.39, 0.29) is 11.5 Å². The van der Waals surface area contributed by atoms with Crippen molar-refractivity contribution < 1.29 is 10.2 Å². The summed E-state index contributed by atoms with van der Waals surface area (Å²) >= 11 is 1.49. The summed E-state index contributed by atoms with van der Waals surface area (Å²) in [6, 6.07) is 7.05. The van der Waals surface area contributed by atoms with Crippen molar-refractivity contribution in [1.82, 2.24) is 0 Å². The second-order valence-corrected chi connectivity index (χ2v) is 4.10. The molecule has 0 atom stereocenters. The third-order valence-electron chi connectivity index (χ3n) is 2.01. The first kappa shape index (κ1) is 9.09. The Bertz CT molecular complexity index is 423. The first-order valence-electron chi connectivity index (χ1n) is 4.25. The minimum absolute atomic E-state index is 0.130. The molecular weight excluding hydrogens is 196 g/mol. The smallest absolute Gasteiger partial charge is 0.128 e. The summed E-state index contributed by atoms with van der Waals surface area (Å²) in [5.74, 6) is 0.259. The van der Waals surface area contributed by atoms with E-state index in [1.807, 2.05) is 24.4 Å². The molecule has 0 bridgehead atoms. The normalized spacial score (nSPS) is 10.4. The zero-order valence-electron chi connectivity index (χ0n) is 7.69. The molecule has 1 aromatic heterocycles. The van der Waals surface area contributed by atoms with Crippen molar-refractivity contribution in [2.45, 2.75) is 6.92 Å². The van der Waals surface area contributed by atoms with Gasteiger partial charge in [-0.25, -0.2) is 0 Å². The highest BCUT2D eigenvalue weighted by atomic mass is 32.1. The first-order valence-corrected chi connectivity index (χ1v) is 5.13. The molecule has 2 nitrogen and oxygen atoms in total. The summed E-state index contributed by atoms with van der Waals surface area (Å²) in [5, 5.41) is 21.3. The summed E-state index contributed by atoms with van der Waals surface area (Å²) in [6.07, 6.45) is 0. The van der Waals surface area contributed by atoms with Crippen LogP contribution in [-0.2, 0) is 0 Å². The van der Waals surface area contributed by atoms with Crippen LogP contribution in [0.25, 0.3) is 10.4 Å². The standard InChI is InChI=1S/C11H10O2S/c1-7-5-8(12)11(9(13)6-7)10-3-2-4-14-10/h2-6,12-13H,1H3. The predicted molar refractivity (Wildman–Crippen MR) is 57.8 cm³/mol. The van der Waals surface area contributed by atoms with Gasteiger partial charge in [-0.2, -0.15) is 0 Å². The van der Waals surface area contributed by atoms with E-state index in [4.69, 9.17) is 0 Å². The van der Waals surface area contributed by atoms with Crippen LogP contribution in [0.1, 0.15) is 5.56 Å². The Morgan fingerprint density at radius 2 is 1.79 bits per heavy atom. The lowest BCUT2D eigenvalue weighted by molar-refractivity contribution is 0.454. The SMILES string of the molecule is Cc1cc(O)c(-c2cccs2)c(O)c1. The molecule has 0 unspecified atom stereocenters. The monoisotopic (exact) mass is 206 g/mol. The van der Waals surface area contributed by atoms with Gasteiger partial charge in [0.05, 0.1) is 5.56 Å². The van der Waals surface area contributed by atoms with Crippen LogP contribution in [0, 0.1) is 6.92 Å². The molecule has 0 spiro atoms. The van der Waals surface area contributed by atoms with Gasteiger partial charge in [0.1, 0.15) is 11.5 Å². The maximum atomic E-state index is 9.69. The molecule has 2 rings (SSSR count). The Hall–Kier alpha value is -1.48. The summed E-state index contributed by atoms with van der Waals surface area (Å²) < 4.78 is 0. The Balaban J connectivity index is 2.64. The van der Waals surface area contributed by atoms with Crippen molar-refractivity contribution in [3.05, 3.63) is 35.2 Å². The largest absolute Gasteiger partial charge is 0.507 e. The van der Waals surface area contributed by atoms with E-state index >= 15 is 0 Å². The molecule has 2 N–H and O–H groups in total. The van der Waals surface area contributed by atoms with Crippen LogP contribution in [-0.4, -0.2) is 10.2 Å². The van der Waals surface area contributed by atoms with Gasteiger partial charge < -0.3 is 10.2 Å². The number of hydrogen-bond donors (Lipinski definition) is 2. The molecule has 0 aliphatic heterocycles. The van der Waals surface area contributed by atoms with Gasteiger partial charge in [0, 0.05) is 4.88 Å². The summed E-state index contributed by atoms with van der Waals surface area (Å²) in [6.45, 7) is 1.83. The van der Waals surface area contributed by atoms with Crippen LogP contribution in [0.4, 0.5) is 0 Å². The molecule has 0 aliphatic carbocycles. The van der Waals surface area contributed by atoms with Gasteiger partial charge in [0.2, 0.25) is 0 Å². The molecule has 0 radical (unpaired) electrons. The maximum absolute atomic E-state index is 9.69. The Morgan fingerprint density at radius 1 is 1.14 bits per heavy atom. The van der Waals surface area contributed by atoms with Gasteiger partial charge in [0.25, 0.3) is 0 Å². The van der Waals surface area contributed by atoms with E-state index in [2.05, 4.69) is 0 Å². The van der Waals surface area contributed by atoms with Crippen LogP contribution < -0.4 is 0 Å². The van der Waals surface area contributed by atoms with Crippen LogP contribution in [0.3, 0.4) is 0 Å². The topological polar surface area (TPSA) is 40.5 Å². The molecule has 0 amide bonds. The Kier molecular flexibility index (Phi) is 2.17. The highest BCUT2D eigenvalue weighted by Gasteiger charge is 2.11. The van der Waals surface area contributed by atoms with Crippen molar-refractivity contribution in [3.8, 4) is 21.9 Å². The van der Waals surface area contributed by atoms with Crippen molar-refractivity contribution >= 4 is 11.3 Å². The van der Waals surface area contributed by atoms with E-state index in [1.54, 1.807) is 12.1 Å². The highest BCUT2D eigenvalue weighted by molar-refractivity contribution is 7.13. The lowest BCUT2D eigenvalue weighted by Gasteiger charge is -2.06. The number of rotatable bonds is 1. The molecular formula is C11H10O2S. The van der Waals surface area contributed by atoms with Crippen LogP contribution in [0.15, 0.2) is 29.6 Å². The van der Waals surface area contributed by atoms with Crippen molar-refractivity contribution in [2.24, 2.45) is 0 Å². The minimum Gasteiger partial charge on any atom is -0.507 e. The van der Waals surface area contributed by atoms with Crippen molar-refractivity contribution in [1.29, 1.82) is 0 Å². The summed E-state index contributed by atoms with van der Waals surface area (Å²) in [7, 11) is 0. The van der Waals surface area contributed by atoms with Crippen LogP contribution in [0.2, 0.25) is 0 Å². The van der Waals surface area contributed by atoms with Gasteiger partial charge >= 0.3 is 0 Å².